The van der Waals surface area contributed by atoms with Crippen LogP contribution in [0.25, 0.3) is 0 Å². The van der Waals surface area contributed by atoms with Crippen molar-refractivity contribution in [2.45, 2.75) is 129 Å². The molecular weight excluding hydrogens is 679 g/mol. The summed E-state index contributed by atoms with van der Waals surface area (Å²) >= 11 is 1.54. The number of rotatable bonds is 23. The highest BCUT2D eigenvalue weighted by Crippen LogP contribution is 2.28. The summed E-state index contributed by atoms with van der Waals surface area (Å²) in [5, 5.41) is 15.4. The fourth-order valence-electron chi connectivity index (χ4n) is 7.51. The van der Waals surface area contributed by atoms with Gasteiger partial charge in [-0.15, -0.1) is 11.8 Å². The van der Waals surface area contributed by atoms with Gasteiger partial charge in [-0.1, -0.05) is 78.3 Å². The molecule has 11 nitrogen and oxygen atoms in total. The van der Waals surface area contributed by atoms with Crippen molar-refractivity contribution in [3.8, 4) is 0 Å². The lowest BCUT2D eigenvalue weighted by molar-refractivity contribution is -0.146. The zero-order chi connectivity index (χ0) is 39.0. The van der Waals surface area contributed by atoms with Gasteiger partial charge in [0.05, 0.1) is 36.6 Å². The van der Waals surface area contributed by atoms with E-state index in [2.05, 4.69) is 24.5 Å². The van der Waals surface area contributed by atoms with Gasteiger partial charge in [-0.2, -0.15) is 0 Å². The van der Waals surface area contributed by atoms with Crippen LogP contribution in [0.3, 0.4) is 0 Å². The molecule has 0 saturated carbocycles. The van der Waals surface area contributed by atoms with Crippen LogP contribution >= 0.6 is 11.8 Å². The molecule has 296 valence electrons. The highest BCUT2D eigenvalue weighted by Gasteiger charge is 2.40. The largest absolute Gasteiger partial charge is 0.396 e. The highest BCUT2D eigenvalue weighted by atomic mass is 32.2. The first-order valence-electron chi connectivity index (χ1n) is 19.3. The van der Waals surface area contributed by atoms with Crippen molar-refractivity contribution in [1.82, 2.24) is 25.3 Å². The molecule has 0 aromatic heterocycles. The first-order chi connectivity index (χ1) is 24.7. The SMILES string of the molecule is CCC(C)C(C(CC(=O)N1CCCC1CCCC(=O)NC(Cc1ccccc1)SCCO)OC)N(C)C(=O)C(NC(=O)C(C(C)C)N(C)C)C(C)C. The highest BCUT2D eigenvalue weighted by molar-refractivity contribution is 7.99. The van der Waals surface area contributed by atoms with Crippen LogP contribution < -0.4 is 10.6 Å². The van der Waals surface area contributed by atoms with Crippen molar-refractivity contribution in [1.29, 1.82) is 0 Å². The summed E-state index contributed by atoms with van der Waals surface area (Å²) < 4.78 is 6.01. The van der Waals surface area contributed by atoms with Gasteiger partial charge >= 0.3 is 0 Å². The quantitative estimate of drug-likeness (QED) is 0.139. The van der Waals surface area contributed by atoms with Crippen LogP contribution in [-0.2, 0) is 30.3 Å². The molecule has 1 fully saturated rings. The molecule has 1 aliphatic rings. The van der Waals surface area contributed by atoms with Crippen LogP contribution in [0.15, 0.2) is 30.3 Å². The number of hydrogen-bond acceptors (Lipinski definition) is 8. The standard InChI is InChI=1S/C40H69N5O6S/c1-11-29(6)38(44(9)40(50)36(27(2)3)42-39(49)37(28(4)5)43(7)8)32(51-10)26-35(48)45-22-16-20-31(45)19-15-21-33(47)41-34(52-24-23-46)25-30-17-13-12-14-18-30/h12-14,17-18,27-29,31-32,34,36-38,46H,11,15-16,19-26H2,1-10H3,(H,41,47)(H,42,49). The average Bonchev–Trinajstić information content (AvgIpc) is 3.57. The van der Waals surface area contributed by atoms with Crippen LogP contribution in [0.4, 0.5) is 0 Å². The Hall–Kier alpha value is -2.67. The van der Waals surface area contributed by atoms with E-state index in [9.17, 15) is 24.3 Å². The van der Waals surface area contributed by atoms with Crippen molar-refractivity contribution in [3.63, 3.8) is 0 Å². The number of aliphatic hydroxyl groups excluding tert-OH is 1. The van der Waals surface area contributed by atoms with Crippen molar-refractivity contribution < 1.29 is 29.0 Å². The van der Waals surface area contributed by atoms with Gasteiger partial charge in [0.15, 0.2) is 0 Å². The molecule has 12 heteroatoms. The predicted octanol–water partition coefficient (Wildman–Crippen LogP) is 4.56. The third kappa shape index (κ3) is 14.0. The molecule has 52 heavy (non-hydrogen) atoms. The molecule has 2 rings (SSSR count). The summed E-state index contributed by atoms with van der Waals surface area (Å²) in [5.74, 6) is 0.111. The molecule has 1 aliphatic heterocycles. The van der Waals surface area contributed by atoms with Crippen LogP contribution in [0.1, 0.15) is 92.1 Å². The van der Waals surface area contributed by atoms with E-state index in [4.69, 9.17) is 4.74 Å². The molecular formula is C40H69N5O6S. The van der Waals surface area contributed by atoms with Crippen LogP contribution in [0.2, 0.25) is 0 Å². The number of aliphatic hydroxyl groups is 1. The Balaban J connectivity index is 2.08. The number of hydrogen-bond donors (Lipinski definition) is 3. The van der Waals surface area contributed by atoms with Crippen molar-refractivity contribution in [3.05, 3.63) is 35.9 Å². The minimum atomic E-state index is -0.722. The maximum absolute atomic E-state index is 14.1. The molecule has 1 saturated heterocycles. The van der Waals surface area contributed by atoms with E-state index in [1.165, 1.54) is 0 Å². The molecule has 7 unspecified atom stereocenters. The number of thioether (sulfide) groups is 1. The Morgan fingerprint density at radius 2 is 1.69 bits per heavy atom. The summed E-state index contributed by atoms with van der Waals surface area (Å²) in [6.45, 7) is 12.7. The van der Waals surface area contributed by atoms with E-state index in [0.717, 1.165) is 31.2 Å². The monoisotopic (exact) mass is 747 g/mol. The maximum Gasteiger partial charge on any atom is 0.245 e. The lowest BCUT2D eigenvalue weighted by Gasteiger charge is -2.40. The van der Waals surface area contributed by atoms with Gasteiger partial charge in [0.25, 0.3) is 0 Å². The number of nitrogens with zero attached hydrogens (tertiary/aromatic N) is 3. The van der Waals surface area contributed by atoms with Gasteiger partial charge in [-0.05, 0) is 63.1 Å². The third-order valence-electron chi connectivity index (χ3n) is 10.4. The Labute approximate surface area is 318 Å². The fraction of sp³-hybridized carbons (Fsp3) is 0.750. The second kappa shape index (κ2) is 23.2. The van der Waals surface area contributed by atoms with Gasteiger partial charge in [0.2, 0.25) is 23.6 Å². The Bertz CT molecular complexity index is 1230. The van der Waals surface area contributed by atoms with Gasteiger partial charge in [0.1, 0.15) is 6.04 Å². The van der Waals surface area contributed by atoms with Crippen molar-refractivity contribution in [2.75, 3.05) is 47.2 Å². The summed E-state index contributed by atoms with van der Waals surface area (Å²) in [6.07, 6.45) is 4.63. The number of amides is 4. The predicted molar refractivity (Wildman–Crippen MR) is 211 cm³/mol. The second-order valence-electron chi connectivity index (χ2n) is 15.3. The number of nitrogens with one attached hydrogen (secondary N) is 2. The van der Waals surface area contributed by atoms with Crippen molar-refractivity contribution in [2.24, 2.45) is 17.8 Å². The fourth-order valence-corrected chi connectivity index (χ4v) is 8.43. The van der Waals surface area contributed by atoms with Crippen LogP contribution in [0, 0.1) is 17.8 Å². The third-order valence-corrected chi connectivity index (χ3v) is 11.5. The molecule has 7 atom stereocenters. The zero-order valence-electron chi connectivity index (χ0n) is 33.6. The molecule has 1 aromatic rings. The molecule has 1 aromatic carbocycles. The van der Waals surface area contributed by atoms with Crippen LogP contribution in [0.5, 0.6) is 0 Å². The number of likely N-dealkylation sites (N-methyl/N-ethyl adjacent to an activating group) is 2. The topological polar surface area (TPSA) is 132 Å². The van der Waals surface area contributed by atoms with E-state index in [1.54, 1.807) is 30.8 Å². The molecule has 0 spiro atoms. The number of methoxy groups -OCH3 is 1. The lowest BCUT2D eigenvalue weighted by Crippen LogP contribution is -2.59. The Morgan fingerprint density at radius 3 is 2.25 bits per heavy atom. The van der Waals surface area contributed by atoms with E-state index in [0.29, 0.717) is 31.6 Å². The number of carbonyl (C=O) groups excluding carboxylic acids is 4. The maximum atomic E-state index is 14.1. The minimum absolute atomic E-state index is 0.00393. The normalized spacial score (nSPS) is 18.2. The van der Waals surface area contributed by atoms with E-state index in [1.807, 2.05) is 81.9 Å². The van der Waals surface area contributed by atoms with Gasteiger partial charge in [-0.3, -0.25) is 24.1 Å². The number of benzene rings is 1. The molecule has 0 aliphatic carbocycles. The van der Waals surface area contributed by atoms with E-state index in [-0.39, 0.29) is 77.9 Å². The number of likely N-dealkylation sites (tertiary alicyclic amines) is 1. The summed E-state index contributed by atoms with van der Waals surface area (Å²) in [5.41, 5.74) is 1.13. The first kappa shape index (κ1) is 45.5. The zero-order valence-corrected chi connectivity index (χ0v) is 34.4. The second-order valence-corrected chi connectivity index (χ2v) is 16.6. The first-order valence-corrected chi connectivity index (χ1v) is 20.3. The average molecular weight is 748 g/mol. The number of ether oxygens (including phenoxy) is 1. The summed E-state index contributed by atoms with van der Waals surface area (Å²) in [4.78, 5) is 59.9. The smallest absolute Gasteiger partial charge is 0.245 e. The van der Waals surface area contributed by atoms with Gasteiger partial charge in [-0.25, -0.2) is 0 Å². The van der Waals surface area contributed by atoms with E-state index >= 15 is 0 Å². The summed E-state index contributed by atoms with van der Waals surface area (Å²) in [6, 6.07) is 8.59. The Morgan fingerprint density at radius 1 is 1.02 bits per heavy atom. The van der Waals surface area contributed by atoms with E-state index < -0.39 is 12.1 Å². The molecule has 1 heterocycles. The number of carbonyl (C=O) groups is 4. The lowest BCUT2D eigenvalue weighted by atomic mass is 9.89. The van der Waals surface area contributed by atoms with Gasteiger partial charge < -0.3 is 30.3 Å². The van der Waals surface area contributed by atoms with Gasteiger partial charge in [0, 0.05) is 45.3 Å². The Kier molecular flexibility index (Phi) is 20.3. The molecule has 0 radical (unpaired) electrons. The minimum Gasteiger partial charge on any atom is -0.396 e. The summed E-state index contributed by atoms with van der Waals surface area (Å²) in [7, 11) is 7.10. The van der Waals surface area contributed by atoms with Crippen molar-refractivity contribution >= 4 is 35.4 Å². The molecule has 4 amide bonds. The van der Waals surface area contributed by atoms with Crippen LogP contribution in [-0.4, -0.2) is 126 Å². The molecule has 3 N–H and O–H groups in total. The molecule has 0 bridgehead atoms.